The Morgan fingerprint density at radius 3 is 2.74 bits per heavy atom. The lowest BCUT2D eigenvalue weighted by atomic mass is 9.78. The summed E-state index contributed by atoms with van der Waals surface area (Å²) in [5, 5.41) is 9.05. The molecule has 1 aliphatic heterocycles. The van der Waals surface area contributed by atoms with E-state index in [0.717, 1.165) is 45.2 Å². The van der Waals surface area contributed by atoms with Crippen LogP contribution in [0.25, 0.3) is 0 Å². The highest BCUT2D eigenvalue weighted by atomic mass is 16.3. The first-order chi connectivity index (χ1) is 9.26. The minimum absolute atomic E-state index is 0.159. The van der Waals surface area contributed by atoms with Crippen LogP contribution in [0.2, 0.25) is 0 Å². The number of carbonyl (C=O) groups is 1. The van der Waals surface area contributed by atoms with E-state index in [-0.39, 0.29) is 12.5 Å². The summed E-state index contributed by atoms with van der Waals surface area (Å²) in [6.07, 6.45) is 7.57. The van der Waals surface area contributed by atoms with Crippen molar-refractivity contribution in [1.29, 1.82) is 0 Å². The highest BCUT2D eigenvalue weighted by Crippen LogP contribution is 2.32. The van der Waals surface area contributed by atoms with Crippen LogP contribution in [0.15, 0.2) is 0 Å². The van der Waals surface area contributed by atoms with Gasteiger partial charge in [0, 0.05) is 25.6 Å². The number of piperidine rings is 1. The average Bonchev–Trinajstić information content (AvgIpc) is 2.47. The molecule has 0 bridgehead atoms. The SMILES string of the molecule is NCC1CCCCC1C(=O)N1CCCC(CCO)C1. The van der Waals surface area contributed by atoms with E-state index in [4.69, 9.17) is 10.8 Å². The Labute approximate surface area is 116 Å². The molecule has 0 aromatic heterocycles. The third-order valence-electron chi connectivity index (χ3n) is 4.90. The van der Waals surface area contributed by atoms with Crippen LogP contribution in [0.4, 0.5) is 0 Å². The summed E-state index contributed by atoms with van der Waals surface area (Å²) in [6.45, 7) is 2.62. The molecule has 0 spiro atoms. The van der Waals surface area contributed by atoms with Crippen molar-refractivity contribution in [2.45, 2.75) is 44.9 Å². The number of aliphatic hydroxyl groups excluding tert-OH is 1. The van der Waals surface area contributed by atoms with E-state index in [1.54, 1.807) is 0 Å². The Morgan fingerprint density at radius 2 is 2.00 bits per heavy atom. The molecule has 2 fully saturated rings. The third kappa shape index (κ3) is 3.69. The van der Waals surface area contributed by atoms with Gasteiger partial charge in [0.15, 0.2) is 0 Å². The summed E-state index contributed by atoms with van der Waals surface area (Å²) in [7, 11) is 0. The van der Waals surface area contributed by atoms with E-state index in [1.807, 2.05) is 4.90 Å². The maximum atomic E-state index is 12.7. The van der Waals surface area contributed by atoms with Crippen LogP contribution < -0.4 is 5.73 Å². The second kappa shape index (κ2) is 7.25. The topological polar surface area (TPSA) is 66.6 Å². The average molecular weight is 268 g/mol. The van der Waals surface area contributed by atoms with E-state index >= 15 is 0 Å². The smallest absolute Gasteiger partial charge is 0.226 e. The second-order valence-corrected chi connectivity index (χ2v) is 6.19. The number of carbonyl (C=O) groups excluding carboxylic acids is 1. The van der Waals surface area contributed by atoms with Gasteiger partial charge >= 0.3 is 0 Å². The molecule has 2 rings (SSSR count). The molecule has 1 amide bonds. The fourth-order valence-electron chi connectivity index (χ4n) is 3.73. The highest BCUT2D eigenvalue weighted by molar-refractivity contribution is 5.79. The lowest BCUT2D eigenvalue weighted by molar-refractivity contribution is -0.140. The third-order valence-corrected chi connectivity index (χ3v) is 4.90. The van der Waals surface area contributed by atoms with Gasteiger partial charge in [-0.3, -0.25) is 4.79 Å². The van der Waals surface area contributed by atoms with Crippen LogP contribution in [0.5, 0.6) is 0 Å². The number of hydrogen-bond acceptors (Lipinski definition) is 3. The molecule has 0 radical (unpaired) electrons. The summed E-state index contributed by atoms with van der Waals surface area (Å²) in [5.74, 6) is 1.37. The van der Waals surface area contributed by atoms with Crippen molar-refractivity contribution in [3.05, 3.63) is 0 Å². The Morgan fingerprint density at radius 1 is 1.21 bits per heavy atom. The molecule has 3 N–H and O–H groups in total. The van der Waals surface area contributed by atoms with Crippen molar-refractivity contribution >= 4 is 5.91 Å². The first-order valence-electron chi connectivity index (χ1n) is 7.86. The van der Waals surface area contributed by atoms with Crippen molar-refractivity contribution in [1.82, 2.24) is 4.90 Å². The molecule has 4 heteroatoms. The normalized spacial score (nSPS) is 32.3. The summed E-state index contributed by atoms with van der Waals surface area (Å²) >= 11 is 0. The van der Waals surface area contributed by atoms with Gasteiger partial charge in [0.1, 0.15) is 0 Å². The van der Waals surface area contributed by atoms with Gasteiger partial charge in [-0.2, -0.15) is 0 Å². The van der Waals surface area contributed by atoms with Gasteiger partial charge < -0.3 is 15.7 Å². The zero-order chi connectivity index (χ0) is 13.7. The molecule has 3 atom stereocenters. The van der Waals surface area contributed by atoms with Crippen molar-refractivity contribution in [3.63, 3.8) is 0 Å². The van der Waals surface area contributed by atoms with Gasteiger partial charge in [0.2, 0.25) is 5.91 Å². The van der Waals surface area contributed by atoms with Gasteiger partial charge in [0.05, 0.1) is 0 Å². The minimum Gasteiger partial charge on any atom is -0.396 e. The monoisotopic (exact) mass is 268 g/mol. The van der Waals surface area contributed by atoms with Crippen LogP contribution in [0, 0.1) is 17.8 Å². The molecule has 110 valence electrons. The summed E-state index contributed by atoms with van der Waals surface area (Å²) < 4.78 is 0. The first-order valence-corrected chi connectivity index (χ1v) is 7.86. The molecular weight excluding hydrogens is 240 g/mol. The predicted molar refractivity (Wildman–Crippen MR) is 75.5 cm³/mol. The van der Waals surface area contributed by atoms with Gasteiger partial charge in [-0.05, 0) is 50.5 Å². The maximum absolute atomic E-state index is 12.7. The zero-order valence-corrected chi connectivity index (χ0v) is 11.9. The van der Waals surface area contributed by atoms with Crippen molar-refractivity contribution < 1.29 is 9.90 Å². The molecule has 2 aliphatic rings. The summed E-state index contributed by atoms with van der Waals surface area (Å²) in [6, 6.07) is 0. The molecular formula is C15H28N2O2. The number of likely N-dealkylation sites (tertiary alicyclic amines) is 1. The zero-order valence-electron chi connectivity index (χ0n) is 11.9. The number of hydrogen-bond donors (Lipinski definition) is 2. The fraction of sp³-hybridized carbons (Fsp3) is 0.933. The maximum Gasteiger partial charge on any atom is 0.226 e. The summed E-state index contributed by atoms with van der Waals surface area (Å²) in [5.41, 5.74) is 5.83. The van der Waals surface area contributed by atoms with Crippen molar-refractivity contribution in [2.75, 3.05) is 26.2 Å². The van der Waals surface area contributed by atoms with Gasteiger partial charge in [-0.1, -0.05) is 12.8 Å². The molecule has 4 nitrogen and oxygen atoms in total. The number of aliphatic hydroxyl groups is 1. The van der Waals surface area contributed by atoms with E-state index < -0.39 is 0 Å². The molecule has 1 heterocycles. The molecule has 1 saturated carbocycles. The molecule has 3 unspecified atom stereocenters. The highest BCUT2D eigenvalue weighted by Gasteiger charge is 2.34. The quantitative estimate of drug-likeness (QED) is 0.809. The molecule has 0 aromatic rings. The van der Waals surface area contributed by atoms with E-state index in [1.165, 1.54) is 12.8 Å². The number of rotatable bonds is 4. The van der Waals surface area contributed by atoms with E-state index in [9.17, 15) is 4.79 Å². The van der Waals surface area contributed by atoms with Crippen LogP contribution in [-0.4, -0.2) is 42.2 Å². The summed E-state index contributed by atoms with van der Waals surface area (Å²) in [4.78, 5) is 14.7. The van der Waals surface area contributed by atoms with Crippen LogP contribution in [0.3, 0.4) is 0 Å². The molecule has 1 saturated heterocycles. The Hall–Kier alpha value is -0.610. The van der Waals surface area contributed by atoms with Crippen LogP contribution in [0.1, 0.15) is 44.9 Å². The lowest BCUT2D eigenvalue weighted by Crippen LogP contribution is -2.46. The van der Waals surface area contributed by atoms with E-state index in [2.05, 4.69) is 0 Å². The second-order valence-electron chi connectivity index (χ2n) is 6.19. The standard InChI is InChI=1S/C15H28N2O2/c16-10-13-5-1-2-6-14(13)15(19)17-8-3-4-12(11-17)7-9-18/h12-14,18H,1-11,16H2. The lowest BCUT2D eigenvalue weighted by Gasteiger charge is -2.38. The van der Waals surface area contributed by atoms with Crippen molar-refractivity contribution in [2.24, 2.45) is 23.5 Å². The number of nitrogens with zero attached hydrogens (tertiary/aromatic N) is 1. The Kier molecular flexibility index (Phi) is 5.64. The van der Waals surface area contributed by atoms with Crippen LogP contribution >= 0.6 is 0 Å². The Balaban J connectivity index is 1.93. The minimum atomic E-state index is 0.159. The van der Waals surface area contributed by atoms with Crippen LogP contribution in [-0.2, 0) is 4.79 Å². The van der Waals surface area contributed by atoms with Gasteiger partial charge in [-0.15, -0.1) is 0 Å². The number of nitrogens with two attached hydrogens (primary N) is 1. The molecule has 1 aliphatic carbocycles. The Bertz CT molecular complexity index is 294. The van der Waals surface area contributed by atoms with Gasteiger partial charge in [-0.25, -0.2) is 0 Å². The molecule has 0 aromatic carbocycles. The van der Waals surface area contributed by atoms with Gasteiger partial charge in [0.25, 0.3) is 0 Å². The first kappa shape index (κ1) is 14.8. The van der Waals surface area contributed by atoms with Crippen molar-refractivity contribution in [3.8, 4) is 0 Å². The number of amides is 1. The predicted octanol–water partition coefficient (Wildman–Crippen LogP) is 1.37. The van der Waals surface area contributed by atoms with E-state index in [0.29, 0.717) is 24.3 Å². The largest absolute Gasteiger partial charge is 0.396 e. The fourth-order valence-corrected chi connectivity index (χ4v) is 3.73. The molecule has 19 heavy (non-hydrogen) atoms.